The van der Waals surface area contributed by atoms with Crippen molar-refractivity contribution in [2.75, 3.05) is 6.61 Å². The summed E-state index contributed by atoms with van der Waals surface area (Å²) in [6.45, 7) is 3.01. The molecule has 0 aliphatic carbocycles. The molecule has 1 rings (SSSR count). The van der Waals surface area contributed by atoms with Gasteiger partial charge < -0.3 is 23.8 Å². The van der Waals surface area contributed by atoms with Crippen molar-refractivity contribution in [2.45, 2.75) is 32.5 Å². The first-order chi connectivity index (χ1) is 9.74. The van der Waals surface area contributed by atoms with Gasteiger partial charge in [-0.3, -0.25) is 0 Å². The fraction of sp³-hybridized carbons (Fsp3) is 0.462. The van der Waals surface area contributed by atoms with E-state index in [1.165, 1.54) is 0 Å². The third-order valence-electron chi connectivity index (χ3n) is 2.65. The smallest absolute Gasteiger partial charge is 0.776 e. The van der Waals surface area contributed by atoms with E-state index in [1.54, 1.807) is 32.0 Å². The summed E-state index contributed by atoms with van der Waals surface area (Å²) in [6.07, 6.45) is 0.477. The zero-order valence-electron chi connectivity index (χ0n) is 12.7. The Labute approximate surface area is 177 Å². The van der Waals surface area contributed by atoms with E-state index < -0.39 is 26.0 Å². The Morgan fingerprint density at radius 1 is 1.50 bits per heavy atom. The van der Waals surface area contributed by atoms with Crippen molar-refractivity contribution in [1.29, 1.82) is 0 Å². The van der Waals surface area contributed by atoms with Crippen LogP contribution in [0.5, 0.6) is 5.75 Å². The average Bonchev–Trinajstić information content (AvgIpc) is 2.36. The first-order valence-electron chi connectivity index (χ1n) is 6.36. The minimum atomic E-state index is -4.72. The van der Waals surface area contributed by atoms with E-state index in [1.807, 2.05) is 0 Å². The monoisotopic (exact) mass is 374 g/mol. The molecule has 9 heteroatoms. The zero-order chi connectivity index (χ0) is 16.0. The molecule has 1 aromatic carbocycles. The summed E-state index contributed by atoms with van der Waals surface area (Å²) in [7, 11) is -4.72. The predicted octanol–water partition coefficient (Wildman–Crippen LogP) is -0.754. The molecule has 0 heterocycles. The molecular formula is C13H17ClKO6P. The minimum absolute atomic E-state index is 0. The molecule has 0 aliphatic rings. The van der Waals surface area contributed by atoms with Crippen molar-refractivity contribution in [3.8, 4) is 5.75 Å². The molecule has 0 radical (unpaired) electrons. The van der Waals surface area contributed by atoms with Crippen molar-refractivity contribution in [1.82, 2.24) is 0 Å². The van der Waals surface area contributed by atoms with E-state index in [9.17, 15) is 14.3 Å². The number of hydrogen-bond donors (Lipinski definition) is 1. The van der Waals surface area contributed by atoms with Gasteiger partial charge in [0.1, 0.15) is 5.75 Å². The number of halogens is 1. The first-order valence-corrected chi connectivity index (χ1v) is 8.38. The van der Waals surface area contributed by atoms with Crippen molar-refractivity contribution < 1.29 is 80.0 Å². The van der Waals surface area contributed by atoms with E-state index in [0.717, 1.165) is 5.56 Å². The molecule has 0 aliphatic heterocycles. The Balaban J connectivity index is 0.00000441. The van der Waals surface area contributed by atoms with Crippen LogP contribution in [-0.4, -0.2) is 23.3 Å². The fourth-order valence-electron chi connectivity index (χ4n) is 1.63. The Morgan fingerprint density at radius 3 is 2.64 bits per heavy atom. The SMILES string of the molecule is CCCC(OC(=O)COc1ccc(Cl)cc1C)P(=O)([O-])O.[K+]. The van der Waals surface area contributed by atoms with Gasteiger partial charge in [-0.25, -0.2) is 4.79 Å². The Morgan fingerprint density at radius 2 is 2.14 bits per heavy atom. The van der Waals surface area contributed by atoms with Crippen LogP contribution < -0.4 is 61.0 Å². The second kappa shape index (κ2) is 10.4. The zero-order valence-corrected chi connectivity index (χ0v) is 17.5. The topological polar surface area (TPSA) is 95.9 Å². The molecule has 0 saturated carbocycles. The maximum atomic E-state index is 11.6. The van der Waals surface area contributed by atoms with Crippen LogP contribution in [0.25, 0.3) is 0 Å². The predicted molar refractivity (Wildman–Crippen MR) is 76.3 cm³/mol. The molecule has 0 spiro atoms. The first kappa shape index (κ1) is 22.6. The molecule has 22 heavy (non-hydrogen) atoms. The van der Waals surface area contributed by atoms with Crippen LogP contribution in [0.3, 0.4) is 0 Å². The van der Waals surface area contributed by atoms with Crippen LogP contribution in [0, 0.1) is 6.92 Å². The van der Waals surface area contributed by atoms with Crippen molar-refractivity contribution in [2.24, 2.45) is 0 Å². The molecule has 0 bridgehead atoms. The molecule has 0 amide bonds. The van der Waals surface area contributed by atoms with Crippen LogP contribution >= 0.6 is 19.2 Å². The van der Waals surface area contributed by atoms with Crippen molar-refractivity contribution >= 4 is 25.2 Å². The maximum absolute atomic E-state index is 11.6. The normalized spacial score (nSPS) is 14.4. The summed E-state index contributed by atoms with van der Waals surface area (Å²) in [5.41, 5.74) is 0.733. The second-order valence-electron chi connectivity index (χ2n) is 4.50. The molecule has 1 aromatic rings. The number of hydrogen-bond acceptors (Lipinski definition) is 5. The Kier molecular flexibility index (Phi) is 10.7. The van der Waals surface area contributed by atoms with Gasteiger partial charge in [-0.05, 0) is 37.1 Å². The largest absolute Gasteiger partial charge is 1.00 e. The van der Waals surface area contributed by atoms with Crippen LogP contribution in [0.1, 0.15) is 25.3 Å². The number of carbonyl (C=O) groups excluding carboxylic acids is 1. The molecule has 6 nitrogen and oxygen atoms in total. The summed E-state index contributed by atoms with van der Waals surface area (Å²) < 4.78 is 21.0. The van der Waals surface area contributed by atoms with Crippen molar-refractivity contribution in [3.63, 3.8) is 0 Å². The number of aryl methyl sites for hydroxylation is 1. The quantitative estimate of drug-likeness (QED) is 0.383. The average molecular weight is 375 g/mol. The third-order valence-corrected chi connectivity index (χ3v) is 3.98. The molecule has 2 unspecified atom stereocenters. The van der Waals surface area contributed by atoms with E-state index in [-0.39, 0.29) is 57.8 Å². The number of benzene rings is 1. The third kappa shape index (κ3) is 7.90. The van der Waals surface area contributed by atoms with E-state index in [0.29, 0.717) is 17.2 Å². The summed E-state index contributed by atoms with van der Waals surface area (Å²) >= 11 is 5.79. The molecule has 118 valence electrons. The van der Waals surface area contributed by atoms with E-state index >= 15 is 0 Å². The Bertz CT molecular complexity index is 547. The molecule has 0 fully saturated rings. The van der Waals surface area contributed by atoms with Crippen LogP contribution in [0.4, 0.5) is 0 Å². The van der Waals surface area contributed by atoms with Gasteiger partial charge in [0.25, 0.3) is 0 Å². The Hall–Kier alpha value is 0.566. The minimum Gasteiger partial charge on any atom is -0.776 e. The summed E-state index contributed by atoms with van der Waals surface area (Å²) in [5, 5.41) is 0.540. The van der Waals surface area contributed by atoms with Gasteiger partial charge in [0, 0.05) is 5.02 Å². The second-order valence-corrected chi connectivity index (χ2v) is 6.64. The molecular weight excluding hydrogens is 358 g/mol. The van der Waals surface area contributed by atoms with Crippen LogP contribution in [-0.2, 0) is 14.1 Å². The molecule has 1 N–H and O–H groups in total. The number of rotatable bonds is 7. The number of carbonyl (C=O) groups is 1. The summed E-state index contributed by atoms with van der Waals surface area (Å²) in [6, 6.07) is 4.87. The standard InChI is InChI=1S/C13H18ClO6P.K/c1-3-4-13(21(16,17)18)20-12(15)8-19-11-6-5-10(14)7-9(11)2;/h5-7,13H,3-4,8H2,1-2H3,(H2,16,17,18);/q;+1/p-1. The van der Waals surface area contributed by atoms with Gasteiger partial charge in [-0.15, -0.1) is 0 Å². The van der Waals surface area contributed by atoms with Gasteiger partial charge >= 0.3 is 57.4 Å². The summed E-state index contributed by atoms with van der Waals surface area (Å²) in [4.78, 5) is 31.6. The van der Waals surface area contributed by atoms with Gasteiger partial charge in [0.05, 0.1) is 0 Å². The van der Waals surface area contributed by atoms with Crippen molar-refractivity contribution in [3.05, 3.63) is 28.8 Å². The van der Waals surface area contributed by atoms with Gasteiger partial charge in [0.15, 0.2) is 20.0 Å². The fourth-order valence-corrected chi connectivity index (χ4v) is 2.69. The van der Waals surface area contributed by atoms with Gasteiger partial charge in [-0.2, -0.15) is 0 Å². The molecule has 2 atom stereocenters. The molecule has 0 aromatic heterocycles. The van der Waals surface area contributed by atoms with Crippen LogP contribution in [0.2, 0.25) is 5.02 Å². The van der Waals surface area contributed by atoms with Gasteiger partial charge in [0.2, 0.25) is 0 Å². The van der Waals surface area contributed by atoms with Crippen LogP contribution in [0.15, 0.2) is 18.2 Å². The maximum Gasteiger partial charge on any atom is 1.00 e. The van der Waals surface area contributed by atoms with E-state index in [2.05, 4.69) is 0 Å². The number of ether oxygens (including phenoxy) is 2. The summed E-state index contributed by atoms with van der Waals surface area (Å²) in [5.74, 6) is -1.96. The van der Waals surface area contributed by atoms with Gasteiger partial charge in [-0.1, -0.05) is 24.9 Å². The number of esters is 1. The van der Waals surface area contributed by atoms with E-state index in [4.69, 9.17) is 26.0 Å². The molecule has 0 saturated heterocycles.